The number of nitrogens with two attached hydrogens (primary N) is 2. The number of nitrogens with zero attached hydrogens (tertiary/aromatic N) is 1. The van der Waals surface area contributed by atoms with E-state index < -0.39 is 5.91 Å². The lowest BCUT2D eigenvalue weighted by atomic mass is 10.0. The van der Waals surface area contributed by atoms with Crippen molar-refractivity contribution in [1.82, 2.24) is 0 Å². The van der Waals surface area contributed by atoms with E-state index in [9.17, 15) is 4.79 Å². The third-order valence-electron chi connectivity index (χ3n) is 3.07. The van der Waals surface area contributed by atoms with Crippen molar-refractivity contribution in [2.24, 2.45) is 11.5 Å². The molecule has 5 heteroatoms. The first-order chi connectivity index (χ1) is 8.06. The summed E-state index contributed by atoms with van der Waals surface area (Å²) in [6, 6.07) is 5.50. The summed E-state index contributed by atoms with van der Waals surface area (Å²) >= 11 is 5.98. The highest BCUT2D eigenvalue weighted by Crippen LogP contribution is 2.25. The molecule has 0 saturated carbocycles. The molecule has 0 spiro atoms. The summed E-state index contributed by atoms with van der Waals surface area (Å²) in [5, 5.41) is 0.533. The van der Waals surface area contributed by atoms with E-state index in [0.717, 1.165) is 31.6 Å². The molecule has 1 aliphatic heterocycles. The van der Waals surface area contributed by atoms with E-state index in [0.29, 0.717) is 10.6 Å². The first-order valence-electron chi connectivity index (χ1n) is 5.67. The monoisotopic (exact) mass is 253 g/mol. The van der Waals surface area contributed by atoms with Gasteiger partial charge in [-0.3, -0.25) is 4.79 Å². The van der Waals surface area contributed by atoms with Gasteiger partial charge in [-0.05, 0) is 31.0 Å². The second-order valence-electron chi connectivity index (χ2n) is 4.39. The largest absolute Gasteiger partial charge is 0.371 e. The van der Waals surface area contributed by atoms with Gasteiger partial charge >= 0.3 is 0 Å². The van der Waals surface area contributed by atoms with E-state index >= 15 is 0 Å². The molecule has 4 N–H and O–H groups in total. The highest BCUT2D eigenvalue weighted by atomic mass is 35.5. The Bertz CT molecular complexity index is 428. The molecule has 92 valence electrons. The van der Waals surface area contributed by atoms with Crippen molar-refractivity contribution in [1.29, 1.82) is 0 Å². The molecule has 17 heavy (non-hydrogen) atoms. The van der Waals surface area contributed by atoms with Gasteiger partial charge in [-0.2, -0.15) is 0 Å². The van der Waals surface area contributed by atoms with Gasteiger partial charge in [0.15, 0.2) is 0 Å². The first-order valence-corrected chi connectivity index (χ1v) is 6.05. The van der Waals surface area contributed by atoms with Crippen LogP contribution < -0.4 is 16.4 Å². The quantitative estimate of drug-likeness (QED) is 0.836. The number of halogens is 1. The van der Waals surface area contributed by atoms with E-state index in [1.165, 1.54) is 0 Å². The minimum absolute atomic E-state index is 0.279. The van der Waals surface area contributed by atoms with E-state index in [1.54, 1.807) is 12.1 Å². The van der Waals surface area contributed by atoms with E-state index in [2.05, 4.69) is 4.90 Å². The maximum Gasteiger partial charge on any atom is 0.248 e. The van der Waals surface area contributed by atoms with Gasteiger partial charge in [0.2, 0.25) is 5.91 Å². The molecular formula is C12H16ClN3O. The summed E-state index contributed by atoms with van der Waals surface area (Å²) in [6.45, 7) is 1.78. The molecule has 0 atom stereocenters. The van der Waals surface area contributed by atoms with Crippen molar-refractivity contribution < 1.29 is 4.79 Å². The SMILES string of the molecule is NC(=O)c1cc(Cl)cc(N2CCC(N)CC2)c1. The van der Waals surface area contributed by atoms with Crippen LogP contribution in [0.2, 0.25) is 5.02 Å². The van der Waals surface area contributed by atoms with Crippen LogP contribution in [0.15, 0.2) is 18.2 Å². The molecule has 4 nitrogen and oxygen atoms in total. The van der Waals surface area contributed by atoms with Gasteiger partial charge in [0.05, 0.1) is 0 Å². The second kappa shape index (κ2) is 4.94. The molecule has 1 heterocycles. The zero-order chi connectivity index (χ0) is 12.4. The maximum atomic E-state index is 11.2. The van der Waals surface area contributed by atoms with Crippen molar-refractivity contribution in [3.05, 3.63) is 28.8 Å². The molecular weight excluding hydrogens is 238 g/mol. The number of benzene rings is 1. The van der Waals surface area contributed by atoms with Crippen molar-refractivity contribution in [3.63, 3.8) is 0 Å². The predicted molar refractivity (Wildman–Crippen MR) is 69.4 cm³/mol. The Kier molecular flexibility index (Phi) is 3.54. The molecule has 1 saturated heterocycles. The molecule has 0 aliphatic carbocycles. The summed E-state index contributed by atoms with van der Waals surface area (Å²) in [4.78, 5) is 13.3. The van der Waals surface area contributed by atoms with E-state index in [-0.39, 0.29) is 6.04 Å². The van der Waals surface area contributed by atoms with Gasteiger partial charge in [0, 0.05) is 35.4 Å². The molecule has 1 fully saturated rings. The van der Waals surface area contributed by atoms with Crippen LogP contribution in [0, 0.1) is 0 Å². The van der Waals surface area contributed by atoms with Gasteiger partial charge in [0.1, 0.15) is 0 Å². The van der Waals surface area contributed by atoms with Crippen LogP contribution in [0.1, 0.15) is 23.2 Å². The fourth-order valence-electron chi connectivity index (χ4n) is 2.06. The number of piperidine rings is 1. The standard InChI is InChI=1S/C12H16ClN3O/c13-9-5-8(12(15)17)6-11(7-9)16-3-1-10(14)2-4-16/h5-7,10H,1-4,14H2,(H2,15,17). The zero-order valence-corrected chi connectivity index (χ0v) is 10.3. The number of amides is 1. The summed E-state index contributed by atoms with van der Waals surface area (Å²) in [5.41, 5.74) is 12.5. The van der Waals surface area contributed by atoms with Crippen LogP contribution >= 0.6 is 11.6 Å². The summed E-state index contributed by atoms with van der Waals surface area (Å²) in [5.74, 6) is -0.456. The van der Waals surface area contributed by atoms with Gasteiger partial charge in [-0.1, -0.05) is 11.6 Å². The van der Waals surface area contributed by atoms with Crippen LogP contribution in [-0.4, -0.2) is 25.0 Å². The molecule has 2 rings (SSSR count). The van der Waals surface area contributed by atoms with Crippen molar-refractivity contribution >= 4 is 23.2 Å². The highest BCUT2D eigenvalue weighted by molar-refractivity contribution is 6.31. The number of carbonyl (C=O) groups excluding carboxylic acids is 1. The minimum Gasteiger partial charge on any atom is -0.371 e. The minimum atomic E-state index is -0.456. The van der Waals surface area contributed by atoms with Crippen LogP contribution in [0.5, 0.6) is 0 Å². The van der Waals surface area contributed by atoms with Crippen LogP contribution in [0.25, 0.3) is 0 Å². The van der Waals surface area contributed by atoms with Gasteiger partial charge < -0.3 is 16.4 Å². The van der Waals surface area contributed by atoms with Gasteiger partial charge in [-0.15, -0.1) is 0 Å². The lowest BCUT2D eigenvalue weighted by molar-refractivity contribution is 0.100. The molecule has 0 bridgehead atoms. The Hall–Kier alpha value is -1.26. The van der Waals surface area contributed by atoms with Gasteiger partial charge in [-0.25, -0.2) is 0 Å². The Morgan fingerprint density at radius 3 is 2.53 bits per heavy atom. The zero-order valence-electron chi connectivity index (χ0n) is 9.53. The summed E-state index contributed by atoms with van der Waals surface area (Å²) < 4.78 is 0. The molecule has 1 aromatic rings. The Morgan fingerprint density at radius 1 is 1.29 bits per heavy atom. The number of primary amides is 1. The smallest absolute Gasteiger partial charge is 0.248 e. The molecule has 0 radical (unpaired) electrons. The number of rotatable bonds is 2. The Balaban J connectivity index is 2.23. The molecule has 0 aromatic heterocycles. The van der Waals surface area contributed by atoms with E-state index in [1.807, 2.05) is 6.07 Å². The van der Waals surface area contributed by atoms with E-state index in [4.69, 9.17) is 23.1 Å². The number of hydrogen-bond acceptors (Lipinski definition) is 3. The highest BCUT2D eigenvalue weighted by Gasteiger charge is 2.17. The fourth-order valence-corrected chi connectivity index (χ4v) is 2.29. The average Bonchev–Trinajstić information content (AvgIpc) is 2.29. The third kappa shape index (κ3) is 2.90. The Labute approximate surface area is 106 Å². The molecule has 1 aliphatic rings. The van der Waals surface area contributed by atoms with Crippen LogP contribution in [0.4, 0.5) is 5.69 Å². The second-order valence-corrected chi connectivity index (χ2v) is 4.82. The summed E-state index contributed by atoms with van der Waals surface area (Å²) in [6.07, 6.45) is 1.91. The normalized spacial score (nSPS) is 17.2. The topological polar surface area (TPSA) is 72.4 Å². The first kappa shape index (κ1) is 12.2. The number of carbonyl (C=O) groups is 1. The fraction of sp³-hybridized carbons (Fsp3) is 0.417. The average molecular weight is 254 g/mol. The predicted octanol–water partition coefficient (Wildman–Crippen LogP) is 1.37. The van der Waals surface area contributed by atoms with Crippen molar-refractivity contribution in [3.8, 4) is 0 Å². The van der Waals surface area contributed by atoms with Crippen molar-refractivity contribution in [2.45, 2.75) is 18.9 Å². The Morgan fingerprint density at radius 2 is 1.94 bits per heavy atom. The number of anilines is 1. The lowest BCUT2D eigenvalue weighted by Crippen LogP contribution is -2.39. The maximum absolute atomic E-state index is 11.2. The van der Waals surface area contributed by atoms with Crippen LogP contribution in [-0.2, 0) is 0 Å². The number of hydrogen-bond donors (Lipinski definition) is 2. The van der Waals surface area contributed by atoms with Crippen LogP contribution in [0.3, 0.4) is 0 Å². The van der Waals surface area contributed by atoms with Gasteiger partial charge in [0.25, 0.3) is 0 Å². The lowest BCUT2D eigenvalue weighted by Gasteiger charge is -2.32. The summed E-state index contributed by atoms with van der Waals surface area (Å²) in [7, 11) is 0. The molecule has 1 aromatic carbocycles. The third-order valence-corrected chi connectivity index (χ3v) is 3.29. The van der Waals surface area contributed by atoms with Crippen molar-refractivity contribution in [2.75, 3.05) is 18.0 Å². The molecule has 0 unspecified atom stereocenters. The molecule has 1 amide bonds.